The van der Waals surface area contributed by atoms with Gasteiger partial charge in [-0.3, -0.25) is 15.5 Å². The van der Waals surface area contributed by atoms with Crippen LogP contribution in [0.1, 0.15) is 17.3 Å². The SMILES string of the molecule is Cn1ncc(Br)c1C(NN)c1cncc(F)c1. The molecule has 0 saturated heterocycles. The first kappa shape index (κ1) is 12.2. The van der Waals surface area contributed by atoms with Gasteiger partial charge >= 0.3 is 0 Å². The topological polar surface area (TPSA) is 68.8 Å². The van der Waals surface area contributed by atoms with Gasteiger partial charge in [0.05, 0.1) is 28.6 Å². The number of aromatic nitrogens is 3. The molecule has 0 bridgehead atoms. The van der Waals surface area contributed by atoms with Gasteiger partial charge in [0.15, 0.2) is 0 Å². The molecule has 0 amide bonds. The van der Waals surface area contributed by atoms with Crippen LogP contribution >= 0.6 is 15.9 Å². The maximum atomic E-state index is 13.1. The van der Waals surface area contributed by atoms with E-state index < -0.39 is 5.82 Å². The minimum atomic E-state index is -0.402. The molecule has 5 nitrogen and oxygen atoms in total. The standard InChI is InChI=1S/C10H11BrFN5/c1-17-10(8(11)5-15-17)9(16-13)6-2-7(12)4-14-3-6/h2-5,9,16H,13H2,1H3. The van der Waals surface area contributed by atoms with Crippen molar-refractivity contribution in [2.75, 3.05) is 0 Å². The quantitative estimate of drug-likeness (QED) is 0.661. The summed E-state index contributed by atoms with van der Waals surface area (Å²) in [5.74, 6) is 5.12. The predicted octanol–water partition coefficient (Wildman–Crippen LogP) is 1.27. The molecule has 0 spiro atoms. The number of nitrogens with zero attached hydrogens (tertiary/aromatic N) is 3. The van der Waals surface area contributed by atoms with Gasteiger partial charge in [-0.2, -0.15) is 5.10 Å². The highest BCUT2D eigenvalue weighted by molar-refractivity contribution is 9.10. The van der Waals surface area contributed by atoms with Gasteiger partial charge in [-0.05, 0) is 27.6 Å². The van der Waals surface area contributed by atoms with E-state index in [0.29, 0.717) is 5.56 Å². The van der Waals surface area contributed by atoms with Gasteiger partial charge in [-0.25, -0.2) is 9.82 Å². The van der Waals surface area contributed by atoms with Gasteiger partial charge in [-0.1, -0.05) is 0 Å². The highest BCUT2D eigenvalue weighted by Crippen LogP contribution is 2.27. The number of hydrogen-bond acceptors (Lipinski definition) is 4. The number of rotatable bonds is 3. The van der Waals surface area contributed by atoms with Crippen LogP contribution in [0, 0.1) is 5.82 Å². The molecule has 1 atom stereocenters. The van der Waals surface area contributed by atoms with Gasteiger partial charge in [0.25, 0.3) is 0 Å². The number of aryl methyl sites for hydroxylation is 1. The molecule has 2 rings (SSSR count). The Morgan fingerprint density at radius 1 is 1.47 bits per heavy atom. The fraction of sp³-hybridized carbons (Fsp3) is 0.200. The summed E-state index contributed by atoms with van der Waals surface area (Å²) in [5.41, 5.74) is 4.07. The van der Waals surface area contributed by atoms with Crippen molar-refractivity contribution in [3.05, 3.63) is 46.2 Å². The number of halogens is 2. The van der Waals surface area contributed by atoms with Crippen molar-refractivity contribution >= 4 is 15.9 Å². The Bertz CT molecular complexity index is 508. The van der Waals surface area contributed by atoms with E-state index in [1.54, 1.807) is 24.1 Å². The smallest absolute Gasteiger partial charge is 0.141 e. The van der Waals surface area contributed by atoms with Crippen molar-refractivity contribution in [2.45, 2.75) is 6.04 Å². The summed E-state index contributed by atoms with van der Waals surface area (Å²) in [7, 11) is 1.79. The van der Waals surface area contributed by atoms with E-state index in [4.69, 9.17) is 5.84 Å². The summed E-state index contributed by atoms with van der Waals surface area (Å²) < 4.78 is 15.6. The average molecular weight is 300 g/mol. The van der Waals surface area contributed by atoms with Crippen LogP contribution in [-0.4, -0.2) is 14.8 Å². The molecule has 0 saturated carbocycles. The Balaban J connectivity index is 2.47. The lowest BCUT2D eigenvalue weighted by molar-refractivity contribution is 0.561. The van der Waals surface area contributed by atoms with Crippen LogP contribution in [0.4, 0.5) is 4.39 Å². The van der Waals surface area contributed by atoms with Gasteiger partial charge in [0.2, 0.25) is 0 Å². The Kier molecular flexibility index (Phi) is 3.51. The average Bonchev–Trinajstić information content (AvgIpc) is 2.62. The molecule has 17 heavy (non-hydrogen) atoms. The zero-order chi connectivity index (χ0) is 12.4. The lowest BCUT2D eigenvalue weighted by atomic mass is 10.1. The Morgan fingerprint density at radius 2 is 2.24 bits per heavy atom. The molecule has 0 radical (unpaired) electrons. The normalized spacial score (nSPS) is 12.7. The summed E-state index contributed by atoms with van der Waals surface area (Å²) in [5, 5.41) is 4.09. The maximum absolute atomic E-state index is 13.1. The third-order valence-corrected chi connectivity index (χ3v) is 3.05. The van der Waals surface area contributed by atoms with E-state index in [9.17, 15) is 4.39 Å². The van der Waals surface area contributed by atoms with Crippen LogP contribution < -0.4 is 11.3 Å². The molecule has 0 aliphatic rings. The molecule has 3 N–H and O–H groups in total. The number of nitrogens with two attached hydrogens (primary N) is 1. The van der Waals surface area contributed by atoms with Crippen LogP contribution in [-0.2, 0) is 7.05 Å². The fourth-order valence-corrected chi connectivity index (χ4v) is 2.24. The number of hydrazine groups is 1. The van der Waals surface area contributed by atoms with Gasteiger partial charge in [-0.15, -0.1) is 0 Å². The van der Waals surface area contributed by atoms with Crippen LogP contribution in [0.15, 0.2) is 29.1 Å². The summed E-state index contributed by atoms with van der Waals surface area (Å²) in [4.78, 5) is 3.81. The summed E-state index contributed by atoms with van der Waals surface area (Å²) in [6, 6.07) is 1.01. The lowest BCUT2D eigenvalue weighted by Crippen LogP contribution is -2.30. The van der Waals surface area contributed by atoms with E-state index in [-0.39, 0.29) is 6.04 Å². The van der Waals surface area contributed by atoms with E-state index in [0.717, 1.165) is 16.4 Å². The second-order valence-corrected chi connectivity index (χ2v) is 4.39. The zero-order valence-electron chi connectivity index (χ0n) is 9.06. The molecule has 0 fully saturated rings. The first-order valence-corrected chi connectivity index (χ1v) is 5.66. The molecule has 90 valence electrons. The third-order valence-electron chi connectivity index (χ3n) is 2.44. The third kappa shape index (κ3) is 2.36. The molecule has 2 aromatic heterocycles. The zero-order valence-corrected chi connectivity index (χ0v) is 10.6. The maximum Gasteiger partial charge on any atom is 0.141 e. The van der Waals surface area contributed by atoms with Crippen LogP contribution in [0.5, 0.6) is 0 Å². The van der Waals surface area contributed by atoms with E-state index in [1.807, 2.05) is 0 Å². The largest absolute Gasteiger partial charge is 0.271 e. The molecule has 0 aliphatic heterocycles. The molecule has 2 aromatic rings. The van der Waals surface area contributed by atoms with Gasteiger partial charge < -0.3 is 0 Å². The van der Waals surface area contributed by atoms with Crippen molar-refractivity contribution in [1.82, 2.24) is 20.2 Å². The number of hydrogen-bond donors (Lipinski definition) is 2. The Hall–Kier alpha value is -1.31. The molecule has 7 heteroatoms. The van der Waals surface area contributed by atoms with Crippen LogP contribution in [0.3, 0.4) is 0 Å². The number of pyridine rings is 1. The molecule has 0 aliphatic carbocycles. The first-order valence-electron chi connectivity index (χ1n) is 4.87. The highest BCUT2D eigenvalue weighted by Gasteiger charge is 2.20. The van der Waals surface area contributed by atoms with Crippen LogP contribution in [0.2, 0.25) is 0 Å². The second kappa shape index (κ2) is 4.91. The number of nitrogens with one attached hydrogen (secondary N) is 1. The van der Waals surface area contributed by atoms with Crippen molar-refractivity contribution in [3.8, 4) is 0 Å². The Morgan fingerprint density at radius 3 is 2.76 bits per heavy atom. The van der Waals surface area contributed by atoms with Crippen LogP contribution in [0.25, 0.3) is 0 Å². The fourth-order valence-electron chi connectivity index (χ4n) is 1.66. The minimum absolute atomic E-state index is 0.375. The van der Waals surface area contributed by atoms with E-state index >= 15 is 0 Å². The highest BCUT2D eigenvalue weighted by atomic mass is 79.9. The predicted molar refractivity (Wildman–Crippen MR) is 64.3 cm³/mol. The minimum Gasteiger partial charge on any atom is -0.271 e. The van der Waals surface area contributed by atoms with Crippen molar-refractivity contribution in [2.24, 2.45) is 12.9 Å². The van der Waals surface area contributed by atoms with E-state index in [1.165, 1.54) is 6.07 Å². The molecular weight excluding hydrogens is 289 g/mol. The van der Waals surface area contributed by atoms with Crippen molar-refractivity contribution in [1.29, 1.82) is 0 Å². The van der Waals surface area contributed by atoms with Gasteiger partial charge in [0.1, 0.15) is 5.82 Å². The monoisotopic (exact) mass is 299 g/mol. The molecule has 1 unspecified atom stereocenters. The van der Waals surface area contributed by atoms with Crippen molar-refractivity contribution in [3.63, 3.8) is 0 Å². The summed E-state index contributed by atoms with van der Waals surface area (Å²) in [6.45, 7) is 0. The van der Waals surface area contributed by atoms with E-state index in [2.05, 4.69) is 31.4 Å². The lowest BCUT2D eigenvalue weighted by Gasteiger charge is -2.17. The molecule has 2 heterocycles. The van der Waals surface area contributed by atoms with Gasteiger partial charge in [0, 0.05) is 13.2 Å². The summed E-state index contributed by atoms with van der Waals surface area (Å²) in [6.07, 6.45) is 4.37. The van der Waals surface area contributed by atoms with Crippen molar-refractivity contribution < 1.29 is 4.39 Å². The Labute approximate surface area is 106 Å². The molecule has 0 aromatic carbocycles. The summed E-state index contributed by atoms with van der Waals surface area (Å²) >= 11 is 3.38. The second-order valence-electron chi connectivity index (χ2n) is 3.54. The first-order chi connectivity index (χ1) is 8.13. The molecular formula is C10H11BrFN5.